The van der Waals surface area contributed by atoms with Gasteiger partial charge in [-0.1, -0.05) is 0 Å². The van der Waals surface area contributed by atoms with Crippen molar-refractivity contribution < 1.29 is 4.39 Å². The first-order valence-corrected chi connectivity index (χ1v) is 6.62. The molecule has 0 amide bonds. The van der Waals surface area contributed by atoms with Crippen molar-refractivity contribution in [1.29, 1.82) is 0 Å². The molecule has 2 nitrogen and oxygen atoms in total. The van der Waals surface area contributed by atoms with Crippen molar-refractivity contribution in [3.63, 3.8) is 0 Å². The van der Waals surface area contributed by atoms with Gasteiger partial charge in [0.05, 0.1) is 0 Å². The number of anilines is 1. The summed E-state index contributed by atoms with van der Waals surface area (Å²) < 4.78 is 12.8. The molecule has 1 aromatic rings. The fourth-order valence-electron chi connectivity index (χ4n) is 2.16. The Hall–Kier alpha value is -0.800. The Balaban J connectivity index is 1.84. The molecule has 0 bridgehead atoms. The Bertz CT molecular complexity index is 334. The zero-order chi connectivity index (χ0) is 12.1. The first-order chi connectivity index (χ1) is 8.29. The molecule has 4 heteroatoms. The van der Waals surface area contributed by atoms with Crippen molar-refractivity contribution in [3.8, 4) is 0 Å². The molecular formula is C13H18ClFN2. The van der Waals surface area contributed by atoms with Crippen LogP contribution in [0.1, 0.15) is 6.42 Å². The van der Waals surface area contributed by atoms with Crippen LogP contribution in [0.5, 0.6) is 0 Å². The Morgan fingerprint density at radius 1 is 1.06 bits per heavy atom. The second kappa shape index (κ2) is 6.22. The van der Waals surface area contributed by atoms with Crippen molar-refractivity contribution in [2.75, 3.05) is 43.5 Å². The Kier molecular flexibility index (Phi) is 4.63. The highest BCUT2D eigenvalue weighted by molar-refractivity contribution is 6.17. The number of hydrogen-bond donors (Lipinski definition) is 0. The smallest absolute Gasteiger partial charge is 0.123 e. The molecule has 0 radical (unpaired) electrons. The van der Waals surface area contributed by atoms with E-state index in [-0.39, 0.29) is 5.82 Å². The molecule has 1 fully saturated rings. The summed E-state index contributed by atoms with van der Waals surface area (Å²) in [7, 11) is 0. The molecule has 17 heavy (non-hydrogen) atoms. The van der Waals surface area contributed by atoms with Gasteiger partial charge in [0.15, 0.2) is 0 Å². The third-order valence-corrected chi connectivity index (χ3v) is 3.44. The van der Waals surface area contributed by atoms with Crippen LogP contribution in [0.15, 0.2) is 24.3 Å². The average molecular weight is 257 g/mol. The van der Waals surface area contributed by atoms with Gasteiger partial charge in [-0.05, 0) is 37.2 Å². The fraction of sp³-hybridized carbons (Fsp3) is 0.538. The van der Waals surface area contributed by atoms with Crippen molar-refractivity contribution in [3.05, 3.63) is 30.1 Å². The first kappa shape index (κ1) is 12.7. The van der Waals surface area contributed by atoms with E-state index < -0.39 is 0 Å². The second-order valence-electron chi connectivity index (χ2n) is 4.35. The summed E-state index contributed by atoms with van der Waals surface area (Å²) in [5, 5.41) is 0. The van der Waals surface area contributed by atoms with Crippen LogP contribution in [0, 0.1) is 5.82 Å². The van der Waals surface area contributed by atoms with Gasteiger partial charge in [-0.15, -0.1) is 11.6 Å². The number of benzene rings is 1. The van der Waals surface area contributed by atoms with Gasteiger partial charge in [0.2, 0.25) is 0 Å². The quantitative estimate of drug-likeness (QED) is 0.764. The van der Waals surface area contributed by atoms with E-state index in [4.69, 9.17) is 11.6 Å². The van der Waals surface area contributed by atoms with Crippen LogP contribution in [0.2, 0.25) is 0 Å². The van der Waals surface area contributed by atoms with Crippen LogP contribution in [0.25, 0.3) is 0 Å². The highest BCUT2D eigenvalue weighted by Crippen LogP contribution is 2.16. The summed E-state index contributed by atoms with van der Waals surface area (Å²) in [6.07, 6.45) is 1.05. The lowest BCUT2D eigenvalue weighted by Crippen LogP contribution is -2.46. The van der Waals surface area contributed by atoms with Gasteiger partial charge >= 0.3 is 0 Å². The topological polar surface area (TPSA) is 6.48 Å². The van der Waals surface area contributed by atoms with E-state index in [1.54, 1.807) is 0 Å². The van der Waals surface area contributed by atoms with E-state index in [2.05, 4.69) is 9.80 Å². The molecule has 0 N–H and O–H groups in total. The minimum Gasteiger partial charge on any atom is -0.369 e. The highest BCUT2D eigenvalue weighted by Gasteiger charge is 2.16. The fourth-order valence-corrected chi connectivity index (χ4v) is 2.28. The van der Waals surface area contributed by atoms with Crippen LogP contribution in [0.4, 0.5) is 10.1 Å². The predicted octanol–water partition coefficient (Wildman–Crippen LogP) is 2.58. The largest absolute Gasteiger partial charge is 0.369 e. The molecule has 1 aromatic carbocycles. The van der Waals surface area contributed by atoms with Crippen molar-refractivity contribution in [1.82, 2.24) is 4.90 Å². The lowest BCUT2D eigenvalue weighted by Gasteiger charge is -2.36. The molecule has 94 valence electrons. The van der Waals surface area contributed by atoms with Gasteiger partial charge in [-0.2, -0.15) is 0 Å². The van der Waals surface area contributed by atoms with E-state index >= 15 is 0 Å². The number of alkyl halides is 1. The SMILES string of the molecule is Fc1ccc(N2CCN(CCCCl)CC2)cc1. The summed E-state index contributed by atoms with van der Waals surface area (Å²) in [4.78, 5) is 4.74. The van der Waals surface area contributed by atoms with E-state index in [0.717, 1.165) is 50.7 Å². The lowest BCUT2D eigenvalue weighted by molar-refractivity contribution is 0.259. The van der Waals surface area contributed by atoms with Gasteiger partial charge in [0, 0.05) is 37.7 Å². The number of hydrogen-bond acceptors (Lipinski definition) is 2. The standard InChI is InChI=1S/C13H18ClFN2/c14-6-1-7-16-8-10-17(11-9-16)13-4-2-12(15)3-5-13/h2-5H,1,6-11H2. The molecule has 0 spiro atoms. The monoisotopic (exact) mass is 256 g/mol. The van der Waals surface area contributed by atoms with Crippen LogP contribution >= 0.6 is 11.6 Å². The van der Waals surface area contributed by atoms with Gasteiger partial charge in [0.25, 0.3) is 0 Å². The first-order valence-electron chi connectivity index (χ1n) is 6.08. The zero-order valence-corrected chi connectivity index (χ0v) is 10.7. The van der Waals surface area contributed by atoms with Gasteiger partial charge in [-0.25, -0.2) is 4.39 Å². The molecule has 2 rings (SSSR count). The molecule has 1 heterocycles. The van der Waals surface area contributed by atoms with Crippen molar-refractivity contribution >= 4 is 17.3 Å². The molecule has 0 unspecified atom stereocenters. The minimum atomic E-state index is -0.172. The lowest BCUT2D eigenvalue weighted by atomic mass is 10.2. The highest BCUT2D eigenvalue weighted by atomic mass is 35.5. The third-order valence-electron chi connectivity index (χ3n) is 3.17. The van der Waals surface area contributed by atoms with E-state index in [9.17, 15) is 4.39 Å². The molecule has 1 aliphatic heterocycles. The Labute approximate surface area is 107 Å². The number of nitrogens with zero attached hydrogens (tertiary/aromatic N) is 2. The normalized spacial score (nSPS) is 17.4. The maximum atomic E-state index is 12.8. The molecular weight excluding hydrogens is 239 g/mol. The summed E-state index contributed by atoms with van der Waals surface area (Å²) in [5.41, 5.74) is 1.11. The molecule has 0 atom stereocenters. The van der Waals surface area contributed by atoms with Crippen LogP contribution in [-0.4, -0.2) is 43.5 Å². The summed E-state index contributed by atoms with van der Waals surface area (Å²) in [6, 6.07) is 6.75. The maximum Gasteiger partial charge on any atom is 0.123 e. The predicted molar refractivity (Wildman–Crippen MR) is 70.4 cm³/mol. The van der Waals surface area contributed by atoms with Gasteiger partial charge in [0.1, 0.15) is 5.82 Å². The van der Waals surface area contributed by atoms with Crippen molar-refractivity contribution in [2.45, 2.75) is 6.42 Å². The minimum absolute atomic E-state index is 0.172. The number of rotatable bonds is 4. The van der Waals surface area contributed by atoms with Gasteiger partial charge < -0.3 is 4.90 Å². The second-order valence-corrected chi connectivity index (χ2v) is 4.73. The van der Waals surface area contributed by atoms with E-state index in [0.29, 0.717) is 0 Å². The zero-order valence-electron chi connectivity index (χ0n) is 9.91. The molecule has 0 saturated carbocycles. The summed E-state index contributed by atoms with van der Waals surface area (Å²) in [5.74, 6) is 0.563. The third kappa shape index (κ3) is 3.58. The van der Waals surface area contributed by atoms with Crippen molar-refractivity contribution in [2.24, 2.45) is 0 Å². The summed E-state index contributed by atoms with van der Waals surface area (Å²) in [6.45, 7) is 5.23. The van der Waals surface area contributed by atoms with E-state index in [1.165, 1.54) is 12.1 Å². The maximum absolute atomic E-state index is 12.8. The van der Waals surface area contributed by atoms with Crippen LogP contribution in [0.3, 0.4) is 0 Å². The van der Waals surface area contributed by atoms with E-state index in [1.807, 2.05) is 12.1 Å². The molecule has 0 aliphatic carbocycles. The number of piperazine rings is 1. The van der Waals surface area contributed by atoms with Crippen LogP contribution in [-0.2, 0) is 0 Å². The van der Waals surface area contributed by atoms with Gasteiger partial charge in [-0.3, -0.25) is 4.90 Å². The number of halogens is 2. The average Bonchev–Trinajstić information content (AvgIpc) is 2.38. The summed E-state index contributed by atoms with van der Waals surface area (Å²) >= 11 is 5.69. The molecule has 1 aliphatic rings. The Morgan fingerprint density at radius 3 is 2.29 bits per heavy atom. The van der Waals surface area contributed by atoms with Crippen LogP contribution < -0.4 is 4.90 Å². The Morgan fingerprint density at radius 2 is 1.71 bits per heavy atom. The molecule has 1 saturated heterocycles. The molecule has 0 aromatic heterocycles.